The minimum atomic E-state index is 0.254. The molecule has 0 bridgehead atoms. The Bertz CT molecular complexity index is 770. The number of nitrogens with zero attached hydrogens (tertiary/aromatic N) is 5. The summed E-state index contributed by atoms with van der Waals surface area (Å²) in [7, 11) is 0. The molecular weight excluding hydrogens is 282 g/mol. The van der Waals surface area contributed by atoms with Gasteiger partial charge in [0.25, 0.3) is 0 Å². The molecule has 0 spiro atoms. The predicted molar refractivity (Wildman–Crippen MR) is 73.1 cm³/mol. The molecule has 3 aromatic rings. The van der Waals surface area contributed by atoms with E-state index < -0.39 is 0 Å². The van der Waals surface area contributed by atoms with Crippen molar-refractivity contribution < 1.29 is 0 Å². The molecule has 19 heavy (non-hydrogen) atoms. The molecule has 2 aromatic heterocycles. The number of benzene rings is 1. The molecule has 0 aliphatic rings. The zero-order valence-corrected chi connectivity index (χ0v) is 11.3. The fourth-order valence-electron chi connectivity index (χ4n) is 1.95. The normalized spacial score (nSPS) is 10.7. The lowest BCUT2D eigenvalue weighted by atomic mass is 10.3. The molecule has 5 nitrogen and oxygen atoms in total. The highest BCUT2D eigenvalue weighted by Gasteiger charge is 2.13. The molecule has 7 heteroatoms. The minimum absolute atomic E-state index is 0.254. The standard InChI is InChI=1S/C12H8ClN5S/c13-12-9(16-17-19-12)7-18-10-4-2-1-3-8(10)15-11(18)5-6-14/h1-4H,5,7H2. The van der Waals surface area contributed by atoms with Gasteiger partial charge in [0, 0.05) is 11.5 Å². The van der Waals surface area contributed by atoms with Crippen molar-refractivity contribution in [2.24, 2.45) is 0 Å². The van der Waals surface area contributed by atoms with Crippen molar-refractivity contribution in [3.05, 3.63) is 40.1 Å². The SMILES string of the molecule is N#CCc1nc2ccccc2n1Cc1nnsc1Cl. The average Bonchev–Trinajstić information content (AvgIpc) is 2.96. The first-order valence-electron chi connectivity index (χ1n) is 5.57. The number of aromatic nitrogens is 4. The van der Waals surface area contributed by atoms with Crippen LogP contribution in [0.15, 0.2) is 24.3 Å². The number of para-hydroxylation sites is 2. The van der Waals surface area contributed by atoms with E-state index in [0.29, 0.717) is 22.4 Å². The quantitative estimate of drug-likeness (QED) is 0.743. The second-order valence-electron chi connectivity index (χ2n) is 3.93. The first-order chi connectivity index (χ1) is 9.29. The Morgan fingerprint density at radius 3 is 2.95 bits per heavy atom. The fourth-order valence-corrected chi connectivity index (χ4v) is 2.56. The molecule has 0 atom stereocenters. The Morgan fingerprint density at radius 2 is 2.21 bits per heavy atom. The third kappa shape index (κ3) is 2.18. The van der Waals surface area contributed by atoms with Crippen LogP contribution in [0.3, 0.4) is 0 Å². The molecule has 3 rings (SSSR count). The van der Waals surface area contributed by atoms with Gasteiger partial charge in [-0.05, 0) is 12.1 Å². The van der Waals surface area contributed by atoms with Crippen LogP contribution < -0.4 is 0 Å². The second kappa shape index (κ2) is 4.96. The van der Waals surface area contributed by atoms with Crippen LogP contribution in [0.1, 0.15) is 11.5 Å². The summed E-state index contributed by atoms with van der Waals surface area (Å²) in [5, 5.41) is 12.9. The smallest absolute Gasteiger partial charge is 0.139 e. The molecule has 0 fully saturated rings. The van der Waals surface area contributed by atoms with Gasteiger partial charge in [-0.3, -0.25) is 0 Å². The fraction of sp³-hybridized carbons (Fsp3) is 0.167. The van der Waals surface area contributed by atoms with Crippen LogP contribution in [0.5, 0.6) is 0 Å². The van der Waals surface area contributed by atoms with Crippen molar-refractivity contribution in [1.29, 1.82) is 5.26 Å². The third-order valence-electron chi connectivity index (χ3n) is 2.79. The summed E-state index contributed by atoms with van der Waals surface area (Å²) in [6, 6.07) is 9.89. The summed E-state index contributed by atoms with van der Waals surface area (Å²) in [6.07, 6.45) is 0.254. The minimum Gasteiger partial charge on any atom is -0.321 e. The van der Waals surface area contributed by atoms with E-state index in [0.717, 1.165) is 22.6 Å². The van der Waals surface area contributed by atoms with E-state index in [9.17, 15) is 0 Å². The van der Waals surface area contributed by atoms with Crippen molar-refractivity contribution in [3.8, 4) is 6.07 Å². The van der Waals surface area contributed by atoms with Crippen LogP contribution in [0.2, 0.25) is 4.34 Å². The lowest BCUT2D eigenvalue weighted by molar-refractivity contribution is 0.746. The van der Waals surface area contributed by atoms with Crippen molar-refractivity contribution in [2.75, 3.05) is 0 Å². The number of hydrogen-bond donors (Lipinski definition) is 0. The van der Waals surface area contributed by atoms with Crippen molar-refractivity contribution in [1.82, 2.24) is 19.1 Å². The Hall–Kier alpha value is -1.97. The summed E-state index contributed by atoms with van der Waals surface area (Å²) in [5.41, 5.74) is 2.54. The van der Waals surface area contributed by atoms with Crippen LogP contribution in [-0.4, -0.2) is 19.1 Å². The Kier molecular flexibility index (Phi) is 3.15. The molecule has 0 unspecified atom stereocenters. The highest BCUT2D eigenvalue weighted by Crippen LogP contribution is 2.22. The van der Waals surface area contributed by atoms with Gasteiger partial charge >= 0.3 is 0 Å². The molecule has 0 aliphatic heterocycles. The Morgan fingerprint density at radius 1 is 1.37 bits per heavy atom. The van der Waals surface area contributed by atoms with E-state index in [-0.39, 0.29) is 6.42 Å². The molecule has 94 valence electrons. The van der Waals surface area contributed by atoms with Crippen LogP contribution >= 0.6 is 23.1 Å². The van der Waals surface area contributed by atoms with Gasteiger partial charge in [0.05, 0.1) is 30.1 Å². The first kappa shape index (κ1) is 12.1. The maximum Gasteiger partial charge on any atom is 0.139 e. The van der Waals surface area contributed by atoms with Gasteiger partial charge < -0.3 is 4.57 Å². The number of fused-ring (bicyclic) bond motifs is 1. The third-order valence-corrected chi connectivity index (χ3v) is 3.77. The van der Waals surface area contributed by atoms with Gasteiger partial charge in [-0.15, -0.1) is 5.10 Å². The Labute approximate surface area is 118 Å². The van der Waals surface area contributed by atoms with E-state index in [4.69, 9.17) is 16.9 Å². The Balaban J connectivity index is 2.12. The average molecular weight is 290 g/mol. The van der Waals surface area contributed by atoms with E-state index in [1.54, 1.807) is 0 Å². The maximum atomic E-state index is 8.89. The largest absolute Gasteiger partial charge is 0.321 e. The number of nitriles is 1. The molecule has 0 saturated heterocycles. The van der Waals surface area contributed by atoms with Crippen molar-refractivity contribution >= 4 is 34.2 Å². The lowest BCUT2D eigenvalue weighted by Crippen LogP contribution is -2.05. The molecule has 0 saturated carbocycles. The second-order valence-corrected chi connectivity index (χ2v) is 5.29. The molecule has 0 amide bonds. The lowest BCUT2D eigenvalue weighted by Gasteiger charge is -2.05. The van der Waals surface area contributed by atoms with Gasteiger partial charge in [0.2, 0.25) is 0 Å². The monoisotopic (exact) mass is 289 g/mol. The van der Waals surface area contributed by atoms with Gasteiger partial charge in [0.15, 0.2) is 0 Å². The summed E-state index contributed by atoms with van der Waals surface area (Å²) < 4.78 is 6.35. The van der Waals surface area contributed by atoms with Crippen molar-refractivity contribution in [2.45, 2.75) is 13.0 Å². The van der Waals surface area contributed by atoms with Gasteiger partial charge in [-0.1, -0.05) is 28.2 Å². The number of imidazole rings is 1. The molecule has 0 radical (unpaired) electrons. The number of rotatable bonds is 3. The molecular formula is C12H8ClN5S. The van der Waals surface area contributed by atoms with E-state index in [1.165, 1.54) is 0 Å². The number of halogens is 1. The summed E-state index contributed by atoms with van der Waals surface area (Å²) in [4.78, 5) is 4.47. The molecule has 0 N–H and O–H groups in total. The van der Waals surface area contributed by atoms with E-state index in [2.05, 4.69) is 20.6 Å². The molecule has 0 aliphatic carbocycles. The highest BCUT2D eigenvalue weighted by molar-refractivity contribution is 7.10. The predicted octanol–water partition coefficient (Wildman–Crippen LogP) is 2.66. The van der Waals surface area contributed by atoms with E-state index >= 15 is 0 Å². The number of hydrogen-bond acceptors (Lipinski definition) is 5. The van der Waals surface area contributed by atoms with Gasteiger partial charge in [-0.2, -0.15) is 5.26 Å². The zero-order chi connectivity index (χ0) is 13.2. The highest BCUT2D eigenvalue weighted by atomic mass is 35.5. The van der Waals surface area contributed by atoms with Gasteiger partial charge in [-0.25, -0.2) is 4.98 Å². The zero-order valence-electron chi connectivity index (χ0n) is 9.75. The topological polar surface area (TPSA) is 67.4 Å². The molecule has 1 aromatic carbocycles. The van der Waals surface area contributed by atoms with Crippen molar-refractivity contribution in [3.63, 3.8) is 0 Å². The molecule has 2 heterocycles. The summed E-state index contributed by atoms with van der Waals surface area (Å²) >= 11 is 7.19. The van der Waals surface area contributed by atoms with Crippen LogP contribution in [0.4, 0.5) is 0 Å². The van der Waals surface area contributed by atoms with Crippen LogP contribution in [0, 0.1) is 11.3 Å². The van der Waals surface area contributed by atoms with Gasteiger partial charge in [0.1, 0.15) is 15.9 Å². The van der Waals surface area contributed by atoms with Crippen LogP contribution in [-0.2, 0) is 13.0 Å². The van der Waals surface area contributed by atoms with Crippen LogP contribution in [0.25, 0.3) is 11.0 Å². The maximum absolute atomic E-state index is 8.89. The van der Waals surface area contributed by atoms with E-state index in [1.807, 2.05) is 28.8 Å². The summed E-state index contributed by atoms with van der Waals surface area (Å²) in [6.45, 7) is 0.479. The first-order valence-corrected chi connectivity index (χ1v) is 6.72. The summed E-state index contributed by atoms with van der Waals surface area (Å²) in [5.74, 6) is 0.716.